The number of hydrogen-bond donors (Lipinski definition) is 0. The highest BCUT2D eigenvalue weighted by Gasteiger charge is 2.28. The summed E-state index contributed by atoms with van der Waals surface area (Å²) in [6, 6.07) is 9.00. The smallest absolute Gasteiger partial charge is 0.354 e. The molecule has 1 aromatic heterocycles. The average Bonchev–Trinajstić information content (AvgIpc) is 2.99. The van der Waals surface area contributed by atoms with Crippen LogP contribution < -0.4 is 0 Å². The lowest BCUT2D eigenvalue weighted by atomic mass is 10.0. The third kappa shape index (κ3) is 4.99. The lowest BCUT2D eigenvalue weighted by Gasteiger charge is -2.23. The third-order valence-electron chi connectivity index (χ3n) is 5.36. The van der Waals surface area contributed by atoms with Gasteiger partial charge in [-0.1, -0.05) is 32.0 Å². The van der Waals surface area contributed by atoms with E-state index in [2.05, 4.69) is 13.8 Å². The van der Waals surface area contributed by atoms with Crippen LogP contribution in [0.4, 0.5) is 0 Å². The second-order valence-corrected chi connectivity index (χ2v) is 7.87. The number of nitrogens with zero attached hydrogens (tertiary/aromatic N) is 2. The third-order valence-corrected chi connectivity index (χ3v) is 5.36. The Hall–Kier alpha value is -2.89. The van der Waals surface area contributed by atoms with E-state index in [1.807, 2.05) is 32.0 Å². The molecule has 6 heteroatoms. The van der Waals surface area contributed by atoms with Gasteiger partial charge in [-0.3, -0.25) is 9.59 Å². The van der Waals surface area contributed by atoms with E-state index in [1.165, 1.54) is 7.11 Å². The van der Waals surface area contributed by atoms with Crippen LogP contribution in [0.1, 0.15) is 69.7 Å². The molecule has 0 saturated carbocycles. The molecule has 0 radical (unpaired) electrons. The number of methoxy groups -OCH3 is 1. The molecular formula is C24H32N2O4. The van der Waals surface area contributed by atoms with Crippen molar-refractivity contribution in [1.29, 1.82) is 0 Å². The van der Waals surface area contributed by atoms with Gasteiger partial charge < -0.3 is 14.2 Å². The van der Waals surface area contributed by atoms with Gasteiger partial charge in [-0.15, -0.1) is 0 Å². The normalized spacial score (nSPS) is 10.9. The standard InChI is InChI=1S/C24H32N2O4/c1-7-26-18(5)21(17(4)22(26)24(29)30-6)20(27)15-25(14-13-16(2)3)23(28)19-11-9-8-10-12-19/h8-12,16H,7,13-15H2,1-6H3. The number of carbonyl (C=O) groups excluding carboxylic acids is 3. The van der Waals surface area contributed by atoms with Crippen LogP contribution in [0.15, 0.2) is 30.3 Å². The van der Waals surface area contributed by atoms with Crippen molar-refractivity contribution >= 4 is 17.7 Å². The van der Waals surface area contributed by atoms with E-state index in [9.17, 15) is 14.4 Å². The molecule has 0 unspecified atom stereocenters. The van der Waals surface area contributed by atoms with E-state index < -0.39 is 5.97 Å². The van der Waals surface area contributed by atoms with Gasteiger partial charge in [-0.2, -0.15) is 0 Å². The molecule has 6 nitrogen and oxygen atoms in total. The molecule has 0 saturated heterocycles. The minimum Gasteiger partial charge on any atom is -0.464 e. The summed E-state index contributed by atoms with van der Waals surface area (Å²) in [6.45, 7) is 10.7. The average molecular weight is 413 g/mol. The van der Waals surface area contributed by atoms with Crippen LogP contribution in [0.25, 0.3) is 0 Å². The van der Waals surface area contributed by atoms with Crippen LogP contribution in [0, 0.1) is 19.8 Å². The molecule has 0 spiro atoms. The maximum absolute atomic E-state index is 13.3. The Morgan fingerprint density at radius 2 is 1.73 bits per heavy atom. The predicted molar refractivity (Wildman–Crippen MR) is 117 cm³/mol. The van der Waals surface area contributed by atoms with Crippen LogP contribution in [-0.2, 0) is 11.3 Å². The van der Waals surface area contributed by atoms with Gasteiger partial charge in [0.05, 0.1) is 13.7 Å². The predicted octanol–water partition coefficient (Wildman–Crippen LogP) is 4.28. The molecule has 0 N–H and O–H groups in total. The summed E-state index contributed by atoms with van der Waals surface area (Å²) >= 11 is 0. The van der Waals surface area contributed by atoms with Crippen molar-refractivity contribution in [3.63, 3.8) is 0 Å². The molecular weight excluding hydrogens is 380 g/mol. The van der Waals surface area contributed by atoms with Gasteiger partial charge in [0, 0.05) is 29.9 Å². The van der Waals surface area contributed by atoms with Gasteiger partial charge in [0.2, 0.25) is 0 Å². The molecule has 1 amide bonds. The van der Waals surface area contributed by atoms with Crippen molar-refractivity contribution in [3.05, 3.63) is 58.4 Å². The summed E-state index contributed by atoms with van der Waals surface area (Å²) in [6.07, 6.45) is 0.799. The lowest BCUT2D eigenvalue weighted by Crippen LogP contribution is -2.37. The maximum atomic E-state index is 13.3. The molecule has 0 bridgehead atoms. The van der Waals surface area contributed by atoms with Crippen molar-refractivity contribution < 1.29 is 19.1 Å². The van der Waals surface area contributed by atoms with Gasteiger partial charge in [-0.25, -0.2) is 4.79 Å². The first-order chi connectivity index (χ1) is 14.2. The van der Waals surface area contributed by atoms with Crippen LogP contribution in [0.3, 0.4) is 0 Å². The Bertz CT molecular complexity index is 913. The van der Waals surface area contributed by atoms with E-state index in [-0.39, 0.29) is 18.2 Å². The number of rotatable bonds is 9. The lowest BCUT2D eigenvalue weighted by molar-refractivity contribution is 0.0587. The first kappa shape index (κ1) is 23.4. The van der Waals surface area contributed by atoms with Gasteiger partial charge >= 0.3 is 5.97 Å². The molecule has 30 heavy (non-hydrogen) atoms. The van der Waals surface area contributed by atoms with Gasteiger partial charge in [0.1, 0.15) is 5.69 Å². The summed E-state index contributed by atoms with van der Waals surface area (Å²) in [5.41, 5.74) is 2.76. The summed E-state index contributed by atoms with van der Waals surface area (Å²) in [7, 11) is 1.33. The first-order valence-electron chi connectivity index (χ1n) is 10.4. The SMILES string of the molecule is CCn1c(C)c(C(=O)CN(CCC(C)C)C(=O)c2ccccc2)c(C)c1C(=O)OC. The Morgan fingerprint density at radius 1 is 1.10 bits per heavy atom. The van der Waals surface area contributed by atoms with Crippen LogP contribution in [0.5, 0.6) is 0 Å². The molecule has 2 rings (SSSR count). The number of hydrogen-bond acceptors (Lipinski definition) is 4. The number of ether oxygens (including phenoxy) is 1. The molecule has 2 aromatic rings. The summed E-state index contributed by atoms with van der Waals surface area (Å²) < 4.78 is 6.71. The van der Waals surface area contributed by atoms with E-state index in [4.69, 9.17) is 4.74 Å². The number of ketones is 1. The molecule has 0 aliphatic heterocycles. The Balaban J connectivity index is 2.39. The number of esters is 1. The van der Waals surface area contributed by atoms with Gasteiger partial charge in [0.15, 0.2) is 5.78 Å². The van der Waals surface area contributed by atoms with Gasteiger partial charge in [-0.05, 0) is 50.8 Å². The second-order valence-electron chi connectivity index (χ2n) is 7.87. The molecule has 0 aliphatic carbocycles. The van der Waals surface area contributed by atoms with Gasteiger partial charge in [0.25, 0.3) is 5.91 Å². The van der Waals surface area contributed by atoms with E-state index in [1.54, 1.807) is 28.5 Å². The Morgan fingerprint density at radius 3 is 2.27 bits per heavy atom. The molecule has 0 fully saturated rings. The van der Waals surface area contributed by atoms with E-state index in [0.717, 1.165) is 12.1 Å². The molecule has 0 atom stereocenters. The van der Waals surface area contributed by atoms with Crippen molar-refractivity contribution in [2.75, 3.05) is 20.2 Å². The number of Topliss-reactive ketones (excluding diaryl/α,β-unsaturated/α-hetero) is 1. The number of aromatic nitrogens is 1. The minimum absolute atomic E-state index is 0.0313. The van der Waals surface area contributed by atoms with Crippen molar-refractivity contribution in [3.8, 4) is 0 Å². The van der Waals surface area contributed by atoms with Crippen molar-refractivity contribution in [2.45, 2.75) is 47.6 Å². The summed E-state index contributed by atoms with van der Waals surface area (Å²) in [5, 5.41) is 0. The van der Waals surface area contributed by atoms with Crippen LogP contribution >= 0.6 is 0 Å². The quantitative estimate of drug-likeness (QED) is 0.455. The zero-order valence-corrected chi connectivity index (χ0v) is 18.8. The number of carbonyl (C=O) groups is 3. The summed E-state index contributed by atoms with van der Waals surface area (Å²) in [4.78, 5) is 40.3. The zero-order valence-electron chi connectivity index (χ0n) is 18.8. The zero-order chi connectivity index (χ0) is 22.4. The van der Waals surface area contributed by atoms with Crippen LogP contribution in [0.2, 0.25) is 0 Å². The Labute approximate surface area is 178 Å². The number of benzene rings is 1. The molecule has 1 aromatic carbocycles. The van der Waals surface area contributed by atoms with Crippen LogP contribution in [-0.4, -0.2) is 47.3 Å². The summed E-state index contributed by atoms with van der Waals surface area (Å²) in [5.74, 6) is -0.395. The fourth-order valence-electron chi connectivity index (χ4n) is 3.74. The van der Waals surface area contributed by atoms with E-state index >= 15 is 0 Å². The molecule has 0 aliphatic rings. The fourth-order valence-corrected chi connectivity index (χ4v) is 3.74. The number of amides is 1. The molecule has 1 heterocycles. The van der Waals surface area contributed by atoms with Crippen molar-refractivity contribution in [2.24, 2.45) is 5.92 Å². The monoisotopic (exact) mass is 412 g/mol. The highest BCUT2D eigenvalue weighted by molar-refractivity contribution is 6.06. The fraction of sp³-hybridized carbons (Fsp3) is 0.458. The highest BCUT2D eigenvalue weighted by atomic mass is 16.5. The van der Waals surface area contributed by atoms with Crippen molar-refractivity contribution in [1.82, 2.24) is 9.47 Å². The topological polar surface area (TPSA) is 68.6 Å². The Kier molecular flexibility index (Phi) is 7.98. The largest absolute Gasteiger partial charge is 0.464 e. The molecule has 162 valence electrons. The second kappa shape index (κ2) is 10.2. The maximum Gasteiger partial charge on any atom is 0.354 e. The minimum atomic E-state index is -0.464. The highest BCUT2D eigenvalue weighted by Crippen LogP contribution is 2.24. The van der Waals surface area contributed by atoms with E-state index in [0.29, 0.717) is 41.4 Å². The first-order valence-corrected chi connectivity index (χ1v) is 10.4.